The van der Waals surface area contributed by atoms with Gasteiger partial charge in [-0.2, -0.15) is 0 Å². The van der Waals surface area contributed by atoms with Gasteiger partial charge in [0.05, 0.1) is 12.0 Å². The zero-order valence-corrected chi connectivity index (χ0v) is 11.5. The van der Waals surface area contributed by atoms with Crippen LogP contribution in [0, 0.1) is 10.1 Å². The molecule has 0 atom stereocenters. The summed E-state index contributed by atoms with van der Waals surface area (Å²) in [6.45, 7) is 0. The van der Waals surface area contributed by atoms with Gasteiger partial charge in [-0.25, -0.2) is 4.98 Å². The zero-order chi connectivity index (χ0) is 13.8. The minimum absolute atomic E-state index is 0.0681. The first-order valence-corrected chi connectivity index (χ1v) is 6.01. The van der Waals surface area contributed by atoms with E-state index in [1.807, 2.05) is 0 Å². The van der Waals surface area contributed by atoms with Crippen molar-refractivity contribution in [3.05, 3.63) is 51.1 Å². The van der Waals surface area contributed by atoms with Gasteiger partial charge in [-0.15, -0.1) is 0 Å². The standard InChI is InChI=1S/C12H9BrN2O4/c1-18-9-3-2-4-10(6-9)19-12-11(15(16)17)5-8(13)7-14-12/h2-7H,1H3. The summed E-state index contributed by atoms with van der Waals surface area (Å²) in [4.78, 5) is 14.3. The van der Waals surface area contributed by atoms with Crippen molar-refractivity contribution in [1.82, 2.24) is 4.98 Å². The minimum Gasteiger partial charge on any atom is -0.497 e. The van der Waals surface area contributed by atoms with E-state index < -0.39 is 4.92 Å². The number of hydrogen-bond donors (Lipinski definition) is 0. The van der Waals surface area contributed by atoms with Crippen LogP contribution in [0.4, 0.5) is 5.69 Å². The average molecular weight is 325 g/mol. The minimum atomic E-state index is -0.548. The molecule has 0 unspecified atom stereocenters. The lowest BCUT2D eigenvalue weighted by atomic mass is 10.3. The number of rotatable bonds is 4. The molecule has 1 aromatic carbocycles. The Morgan fingerprint density at radius 3 is 2.74 bits per heavy atom. The Morgan fingerprint density at radius 2 is 2.05 bits per heavy atom. The molecule has 19 heavy (non-hydrogen) atoms. The van der Waals surface area contributed by atoms with Gasteiger partial charge in [0.25, 0.3) is 5.88 Å². The van der Waals surface area contributed by atoms with Gasteiger partial charge >= 0.3 is 5.69 Å². The largest absolute Gasteiger partial charge is 0.497 e. The van der Waals surface area contributed by atoms with Crippen molar-refractivity contribution in [3.8, 4) is 17.4 Å². The predicted molar refractivity (Wildman–Crippen MR) is 71.7 cm³/mol. The highest BCUT2D eigenvalue weighted by Gasteiger charge is 2.18. The van der Waals surface area contributed by atoms with E-state index in [0.29, 0.717) is 16.0 Å². The molecule has 2 aromatic rings. The Bertz CT molecular complexity index is 618. The number of ether oxygens (including phenoxy) is 2. The highest BCUT2D eigenvalue weighted by atomic mass is 79.9. The number of hydrogen-bond acceptors (Lipinski definition) is 5. The number of aromatic nitrogens is 1. The predicted octanol–water partition coefficient (Wildman–Crippen LogP) is 3.55. The summed E-state index contributed by atoms with van der Waals surface area (Å²) in [6, 6.07) is 8.08. The Kier molecular flexibility index (Phi) is 3.96. The van der Waals surface area contributed by atoms with Crippen LogP contribution in [0.15, 0.2) is 41.0 Å². The lowest BCUT2D eigenvalue weighted by molar-refractivity contribution is -0.386. The summed E-state index contributed by atoms with van der Waals surface area (Å²) in [7, 11) is 1.53. The first-order chi connectivity index (χ1) is 9.10. The molecule has 0 bridgehead atoms. The fourth-order valence-corrected chi connectivity index (χ4v) is 1.72. The summed E-state index contributed by atoms with van der Waals surface area (Å²) >= 11 is 3.13. The Labute approximate surface area is 117 Å². The van der Waals surface area contributed by atoms with Crippen LogP contribution in [0.3, 0.4) is 0 Å². The van der Waals surface area contributed by atoms with Crippen LogP contribution < -0.4 is 9.47 Å². The second-order valence-corrected chi connectivity index (χ2v) is 4.43. The molecular formula is C12H9BrN2O4. The van der Waals surface area contributed by atoms with Gasteiger partial charge in [-0.05, 0) is 28.1 Å². The fourth-order valence-electron chi connectivity index (χ4n) is 1.40. The SMILES string of the molecule is COc1cccc(Oc2ncc(Br)cc2[N+](=O)[O-])c1. The van der Waals surface area contributed by atoms with E-state index in [2.05, 4.69) is 20.9 Å². The Morgan fingerprint density at radius 1 is 1.32 bits per heavy atom. The monoisotopic (exact) mass is 324 g/mol. The molecule has 7 heteroatoms. The van der Waals surface area contributed by atoms with Crippen LogP contribution in [0.5, 0.6) is 17.4 Å². The summed E-state index contributed by atoms with van der Waals surface area (Å²) in [6.07, 6.45) is 1.43. The van der Waals surface area contributed by atoms with Crippen LogP contribution in [0.2, 0.25) is 0 Å². The van der Waals surface area contributed by atoms with Crippen molar-refractivity contribution in [1.29, 1.82) is 0 Å². The molecule has 0 saturated carbocycles. The number of pyridine rings is 1. The van der Waals surface area contributed by atoms with E-state index in [0.717, 1.165) is 0 Å². The van der Waals surface area contributed by atoms with Crippen molar-refractivity contribution in [2.75, 3.05) is 7.11 Å². The first-order valence-electron chi connectivity index (χ1n) is 5.22. The molecule has 0 radical (unpaired) electrons. The molecule has 0 N–H and O–H groups in total. The second kappa shape index (κ2) is 5.66. The van der Waals surface area contributed by atoms with Crippen molar-refractivity contribution in [2.45, 2.75) is 0 Å². The molecule has 0 saturated heterocycles. The molecule has 0 fully saturated rings. The maximum atomic E-state index is 10.9. The van der Waals surface area contributed by atoms with Crippen LogP contribution in [-0.2, 0) is 0 Å². The molecule has 1 heterocycles. The van der Waals surface area contributed by atoms with Crippen LogP contribution in [-0.4, -0.2) is 17.0 Å². The van der Waals surface area contributed by atoms with Crippen molar-refractivity contribution < 1.29 is 14.4 Å². The van der Waals surface area contributed by atoms with Gasteiger partial charge in [0.2, 0.25) is 0 Å². The van der Waals surface area contributed by atoms with Crippen molar-refractivity contribution >= 4 is 21.6 Å². The third-order valence-electron chi connectivity index (χ3n) is 2.25. The Hall–Kier alpha value is -2.15. The van der Waals surface area contributed by atoms with Crippen molar-refractivity contribution in [3.63, 3.8) is 0 Å². The summed E-state index contributed by atoms with van der Waals surface area (Å²) < 4.78 is 11.0. The number of methoxy groups -OCH3 is 1. The lowest BCUT2D eigenvalue weighted by Gasteiger charge is -2.06. The first kappa shape index (κ1) is 13.3. The third-order valence-corrected chi connectivity index (χ3v) is 2.68. The Balaban J connectivity index is 2.34. The quantitative estimate of drug-likeness (QED) is 0.635. The van der Waals surface area contributed by atoms with E-state index in [4.69, 9.17) is 9.47 Å². The molecule has 0 aliphatic heterocycles. The van der Waals surface area contributed by atoms with Gasteiger partial charge in [0.1, 0.15) is 11.5 Å². The zero-order valence-electron chi connectivity index (χ0n) is 9.87. The lowest BCUT2D eigenvalue weighted by Crippen LogP contribution is -1.96. The maximum Gasteiger partial charge on any atom is 0.332 e. The number of nitro groups is 1. The third kappa shape index (κ3) is 3.19. The van der Waals surface area contributed by atoms with E-state index >= 15 is 0 Å². The maximum absolute atomic E-state index is 10.9. The molecule has 0 aliphatic carbocycles. The van der Waals surface area contributed by atoms with E-state index in [-0.39, 0.29) is 11.6 Å². The molecule has 0 spiro atoms. The highest BCUT2D eigenvalue weighted by molar-refractivity contribution is 9.10. The molecule has 98 valence electrons. The van der Waals surface area contributed by atoms with E-state index in [1.165, 1.54) is 19.4 Å². The molecule has 2 rings (SSSR count). The normalized spacial score (nSPS) is 10.0. The average Bonchev–Trinajstić information content (AvgIpc) is 2.41. The van der Waals surface area contributed by atoms with E-state index in [9.17, 15) is 10.1 Å². The van der Waals surface area contributed by atoms with Gasteiger partial charge in [0, 0.05) is 22.8 Å². The van der Waals surface area contributed by atoms with Crippen molar-refractivity contribution in [2.24, 2.45) is 0 Å². The number of nitrogens with zero attached hydrogens (tertiary/aromatic N) is 2. The highest BCUT2D eigenvalue weighted by Crippen LogP contribution is 2.32. The molecule has 6 nitrogen and oxygen atoms in total. The molecule has 1 aromatic heterocycles. The summed E-state index contributed by atoms with van der Waals surface area (Å²) in [5, 5.41) is 10.9. The van der Waals surface area contributed by atoms with Gasteiger partial charge in [-0.3, -0.25) is 10.1 Å². The topological polar surface area (TPSA) is 74.5 Å². The number of halogens is 1. The summed E-state index contributed by atoms with van der Waals surface area (Å²) in [5.41, 5.74) is -0.211. The second-order valence-electron chi connectivity index (χ2n) is 3.52. The smallest absolute Gasteiger partial charge is 0.332 e. The van der Waals surface area contributed by atoms with Gasteiger partial charge in [0.15, 0.2) is 0 Å². The van der Waals surface area contributed by atoms with Crippen LogP contribution in [0.1, 0.15) is 0 Å². The molecular weight excluding hydrogens is 316 g/mol. The van der Waals surface area contributed by atoms with Crippen LogP contribution in [0.25, 0.3) is 0 Å². The van der Waals surface area contributed by atoms with Gasteiger partial charge < -0.3 is 9.47 Å². The fraction of sp³-hybridized carbons (Fsp3) is 0.0833. The van der Waals surface area contributed by atoms with Crippen LogP contribution >= 0.6 is 15.9 Å². The van der Waals surface area contributed by atoms with Gasteiger partial charge in [-0.1, -0.05) is 6.07 Å². The molecule has 0 amide bonds. The number of benzene rings is 1. The van der Waals surface area contributed by atoms with E-state index in [1.54, 1.807) is 24.3 Å². The molecule has 0 aliphatic rings. The summed E-state index contributed by atoms with van der Waals surface area (Å²) in [5.74, 6) is 0.941.